The summed E-state index contributed by atoms with van der Waals surface area (Å²) in [7, 11) is 0. The van der Waals surface area contributed by atoms with Gasteiger partial charge in [0.15, 0.2) is 11.6 Å². The van der Waals surface area contributed by atoms with Crippen LogP contribution in [0.5, 0.6) is 0 Å². The van der Waals surface area contributed by atoms with E-state index < -0.39 is 0 Å². The van der Waals surface area contributed by atoms with Crippen LogP contribution in [0.1, 0.15) is 0 Å². The van der Waals surface area contributed by atoms with Gasteiger partial charge in [-0.2, -0.15) is 10.2 Å². The molecule has 6 heterocycles. The van der Waals surface area contributed by atoms with Gasteiger partial charge >= 0.3 is 0 Å². The molecule has 0 aliphatic carbocycles. The lowest BCUT2D eigenvalue weighted by Gasteiger charge is -2.27. The van der Waals surface area contributed by atoms with E-state index in [-0.39, 0.29) is 0 Å². The van der Waals surface area contributed by atoms with Crippen LogP contribution in [0.15, 0.2) is 36.9 Å². The van der Waals surface area contributed by atoms with Crippen molar-refractivity contribution in [2.24, 2.45) is 0 Å². The molecular weight excluding hydrogens is 370 g/mol. The summed E-state index contributed by atoms with van der Waals surface area (Å²) >= 11 is 0. The monoisotopic (exact) mass is 387 g/mol. The number of nitrogens with one attached hydrogen (secondary N) is 3. The van der Waals surface area contributed by atoms with Crippen molar-refractivity contribution in [3.8, 4) is 22.8 Å². The molecule has 5 aromatic heterocycles. The van der Waals surface area contributed by atoms with Gasteiger partial charge < -0.3 is 14.6 Å². The third-order valence-corrected chi connectivity index (χ3v) is 5.16. The molecule has 144 valence electrons. The van der Waals surface area contributed by atoms with E-state index >= 15 is 0 Å². The predicted molar refractivity (Wildman–Crippen MR) is 107 cm³/mol. The normalized spacial score (nSPS) is 14.8. The minimum Gasteiger partial charge on any atom is -0.378 e. The highest BCUT2D eigenvalue weighted by atomic mass is 16.5. The van der Waals surface area contributed by atoms with E-state index in [1.807, 2.05) is 18.3 Å². The number of aromatic amines is 3. The van der Waals surface area contributed by atoms with E-state index in [2.05, 4.69) is 40.2 Å². The lowest BCUT2D eigenvalue weighted by molar-refractivity contribution is 0.122. The van der Waals surface area contributed by atoms with Gasteiger partial charge in [-0.15, -0.1) is 0 Å². The van der Waals surface area contributed by atoms with Crippen molar-refractivity contribution in [2.45, 2.75) is 0 Å². The van der Waals surface area contributed by atoms with Crippen LogP contribution >= 0.6 is 0 Å². The first-order valence-electron chi connectivity index (χ1n) is 9.38. The van der Waals surface area contributed by atoms with Crippen LogP contribution in [-0.4, -0.2) is 66.6 Å². The fourth-order valence-corrected chi connectivity index (χ4v) is 3.69. The standard InChI is InChI=1S/C19H17N9O/c1-2-20-19(28-3-5-29-6-4-28)17-13(1)24-18(25-17)16-12-7-14(11-8-22-23-9-11)21-10-15(12)26-27-16/h1-2,7-10H,3-6H2,(H,22,23)(H,24,25)(H,26,27). The van der Waals surface area contributed by atoms with Gasteiger partial charge in [0.05, 0.1) is 42.3 Å². The van der Waals surface area contributed by atoms with Crippen molar-refractivity contribution in [1.82, 2.24) is 40.3 Å². The van der Waals surface area contributed by atoms with Crippen molar-refractivity contribution >= 4 is 27.8 Å². The molecule has 0 amide bonds. The molecule has 0 unspecified atom stereocenters. The van der Waals surface area contributed by atoms with Crippen LogP contribution in [0, 0.1) is 0 Å². The van der Waals surface area contributed by atoms with E-state index in [1.165, 1.54) is 0 Å². The van der Waals surface area contributed by atoms with Crippen LogP contribution in [0.4, 0.5) is 5.82 Å². The van der Waals surface area contributed by atoms with Gasteiger partial charge in [-0.25, -0.2) is 9.97 Å². The van der Waals surface area contributed by atoms with Crippen molar-refractivity contribution in [2.75, 3.05) is 31.2 Å². The highest BCUT2D eigenvalue weighted by Gasteiger charge is 2.20. The number of hydrogen-bond acceptors (Lipinski definition) is 7. The molecule has 1 fully saturated rings. The fourth-order valence-electron chi connectivity index (χ4n) is 3.69. The number of pyridine rings is 2. The van der Waals surface area contributed by atoms with E-state index in [0.717, 1.165) is 57.8 Å². The summed E-state index contributed by atoms with van der Waals surface area (Å²) in [4.78, 5) is 19.5. The Balaban J connectivity index is 1.48. The summed E-state index contributed by atoms with van der Waals surface area (Å²) in [5.74, 6) is 1.56. The second-order valence-corrected chi connectivity index (χ2v) is 6.89. The number of nitrogens with zero attached hydrogens (tertiary/aromatic N) is 6. The van der Waals surface area contributed by atoms with Crippen LogP contribution in [-0.2, 0) is 4.74 Å². The molecule has 3 N–H and O–H groups in total. The minimum atomic E-state index is 0.693. The minimum absolute atomic E-state index is 0.693. The van der Waals surface area contributed by atoms with Crippen molar-refractivity contribution in [3.05, 3.63) is 36.9 Å². The summed E-state index contributed by atoms with van der Waals surface area (Å²) in [5.41, 5.74) is 5.10. The maximum atomic E-state index is 5.46. The fraction of sp³-hybridized carbons (Fsp3) is 0.211. The van der Waals surface area contributed by atoms with Crippen molar-refractivity contribution in [3.63, 3.8) is 0 Å². The molecule has 0 spiro atoms. The van der Waals surface area contributed by atoms with Crippen molar-refractivity contribution in [1.29, 1.82) is 0 Å². The van der Waals surface area contributed by atoms with Gasteiger partial charge in [0.1, 0.15) is 11.2 Å². The molecule has 1 aliphatic heterocycles. The summed E-state index contributed by atoms with van der Waals surface area (Å²) in [5, 5.41) is 15.3. The number of anilines is 1. The van der Waals surface area contributed by atoms with Crippen LogP contribution < -0.4 is 4.90 Å². The Morgan fingerprint density at radius 2 is 2.00 bits per heavy atom. The van der Waals surface area contributed by atoms with Crippen LogP contribution in [0.2, 0.25) is 0 Å². The number of imidazole rings is 1. The second-order valence-electron chi connectivity index (χ2n) is 6.89. The Morgan fingerprint density at radius 1 is 1.07 bits per heavy atom. The molecule has 10 heteroatoms. The van der Waals surface area contributed by atoms with E-state index in [0.29, 0.717) is 19.0 Å². The molecule has 10 nitrogen and oxygen atoms in total. The molecule has 1 saturated heterocycles. The average Bonchev–Trinajstić information content (AvgIpc) is 3.52. The molecule has 0 aromatic carbocycles. The Bertz CT molecular complexity index is 1300. The van der Waals surface area contributed by atoms with Gasteiger partial charge in [0.2, 0.25) is 0 Å². The maximum Gasteiger partial charge on any atom is 0.159 e. The third kappa shape index (κ3) is 2.64. The summed E-state index contributed by atoms with van der Waals surface area (Å²) in [6, 6.07) is 3.93. The summed E-state index contributed by atoms with van der Waals surface area (Å²) in [6.07, 6.45) is 7.14. The van der Waals surface area contributed by atoms with Crippen molar-refractivity contribution < 1.29 is 4.74 Å². The third-order valence-electron chi connectivity index (χ3n) is 5.16. The highest BCUT2D eigenvalue weighted by Crippen LogP contribution is 2.31. The summed E-state index contributed by atoms with van der Waals surface area (Å²) in [6.45, 7) is 3.00. The number of hydrogen-bond donors (Lipinski definition) is 3. The number of morpholine rings is 1. The lowest BCUT2D eigenvalue weighted by atomic mass is 10.1. The average molecular weight is 387 g/mol. The first-order chi connectivity index (χ1) is 14.4. The van der Waals surface area contributed by atoms with E-state index in [9.17, 15) is 0 Å². The molecule has 29 heavy (non-hydrogen) atoms. The Morgan fingerprint density at radius 3 is 2.86 bits per heavy atom. The maximum absolute atomic E-state index is 5.46. The second kappa shape index (κ2) is 6.38. The van der Waals surface area contributed by atoms with Crippen LogP contribution in [0.25, 0.3) is 44.7 Å². The first-order valence-corrected chi connectivity index (χ1v) is 9.38. The number of ether oxygens (including phenoxy) is 1. The molecule has 1 aliphatic rings. The van der Waals surface area contributed by atoms with E-state index in [4.69, 9.17) is 9.72 Å². The van der Waals surface area contributed by atoms with Gasteiger partial charge in [-0.05, 0) is 12.1 Å². The van der Waals surface area contributed by atoms with Crippen LogP contribution in [0.3, 0.4) is 0 Å². The Hall–Kier alpha value is -3.79. The topological polar surface area (TPSA) is 124 Å². The van der Waals surface area contributed by atoms with Gasteiger partial charge in [0.25, 0.3) is 0 Å². The van der Waals surface area contributed by atoms with Gasteiger partial charge in [-0.1, -0.05) is 0 Å². The molecule has 0 atom stereocenters. The zero-order valence-electron chi connectivity index (χ0n) is 15.4. The zero-order chi connectivity index (χ0) is 19.2. The molecule has 0 radical (unpaired) electrons. The van der Waals surface area contributed by atoms with Gasteiger partial charge in [-0.3, -0.25) is 15.2 Å². The van der Waals surface area contributed by atoms with Gasteiger partial charge in [0, 0.05) is 36.4 Å². The number of aromatic nitrogens is 8. The number of H-pyrrole nitrogens is 3. The molecule has 6 rings (SSSR count). The number of fused-ring (bicyclic) bond motifs is 2. The SMILES string of the molecule is c1cc2[nH]c(-c3n[nH]c4cnc(-c5cn[nH]c5)cc34)nc2c(N2CCOCC2)n1. The predicted octanol–water partition coefficient (Wildman–Crippen LogP) is 2.12. The molecule has 5 aromatic rings. The zero-order valence-corrected chi connectivity index (χ0v) is 15.4. The lowest BCUT2D eigenvalue weighted by Crippen LogP contribution is -2.36. The largest absolute Gasteiger partial charge is 0.378 e. The number of rotatable bonds is 3. The molecule has 0 saturated carbocycles. The quantitative estimate of drug-likeness (QED) is 0.433. The first kappa shape index (κ1) is 16.2. The highest BCUT2D eigenvalue weighted by molar-refractivity contribution is 5.96. The Labute approximate surface area is 164 Å². The van der Waals surface area contributed by atoms with E-state index in [1.54, 1.807) is 18.6 Å². The summed E-state index contributed by atoms with van der Waals surface area (Å²) < 4.78 is 5.46. The smallest absolute Gasteiger partial charge is 0.159 e. The molecule has 0 bridgehead atoms. The molecular formula is C19H17N9O. The Kier molecular flexibility index (Phi) is 3.56.